The van der Waals surface area contributed by atoms with Gasteiger partial charge in [-0.1, -0.05) is 29.3 Å². The van der Waals surface area contributed by atoms with Gasteiger partial charge < -0.3 is 0 Å². The molecule has 0 aromatic heterocycles. The number of aryl methyl sites for hydroxylation is 1. The van der Waals surface area contributed by atoms with Gasteiger partial charge in [-0.05, 0) is 37.3 Å². The summed E-state index contributed by atoms with van der Waals surface area (Å²) in [7, 11) is -3.46. The first-order valence-electron chi connectivity index (χ1n) is 4.99. The average Bonchev–Trinajstić information content (AvgIpc) is 2.30. The second-order valence-electron chi connectivity index (χ2n) is 3.69. The van der Waals surface area contributed by atoms with Crippen molar-refractivity contribution in [2.45, 2.75) is 16.7 Å². The zero-order valence-corrected chi connectivity index (χ0v) is 10.7. The lowest BCUT2D eigenvalue weighted by Crippen LogP contribution is -2.01. The molecule has 0 unspecified atom stereocenters. The molecule has 0 amide bonds. The summed E-state index contributed by atoms with van der Waals surface area (Å²) in [5, 5.41) is 0.396. The fourth-order valence-electron chi connectivity index (χ4n) is 1.41. The van der Waals surface area contributed by atoms with E-state index in [0.717, 1.165) is 5.56 Å². The summed E-state index contributed by atoms with van der Waals surface area (Å²) in [4.78, 5) is 0.476. The lowest BCUT2D eigenvalue weighted by atomic mass is 10.2. The van der Waals surface area contributed by atoms with E-state index in [1.807, 2.05) is 6.92 Å². The van der Waals surface area contributed by atoms with E-state index < -0.39 is 9.84 Å². The molecule has 87 valence electrons. The first-order chi connectivity index (χ1) is 8.00. The maximum absolute atomic E-state index is 12.2. The van der Waals surface area contributed by atoms with Gasteiger partial charge in [-0.15, -0.1) is 0 Å². The van der Waals surface area contributed by atoms with Gasteiger partial charge in [0.1, 0.15) is 0 Å². The predicted molar refractivity (Wildman–Crippen MR) is 66.9 cm³/mol. The fraction of sp³-hybridized carbons (Fsp3) is 0.0769. The van der Waals surface area contributed by atoms with Crippen LogP contribution in [0, 0.1) is 13.0 Å². The zero-order chi connectivity index (χ0) is 12.5. The third kappa shape index (κ3) is 2.51. The Morgan fingerprint density at radius 2 is 1.59 bits per heavy atom. The Bertz CT molecular complexity index is 562. The minimum Gasteiger partial charge on any atom is -0.219 e. The summed E-state index contributed by atoms with van der Waals surface area (Å²) < 4.78 is 24.4. The number of sulfone groups is 1. The topological polar surface area (TPSA) is 34.1 Å². The van der Waals surface area contributed by atoms with Gasteiger partial charge in [0.05, 0.1) is 9.79 Å². The molecule has 2 rings (SSSR count). The molecule has 0 fully saturated rings. The van der Waals surface area contributed by atoms with Crippen LogP contribution in [-0.2, 0) is 9.84 Å². The molecule has 4 heteroatoms. The predicted octanol–water partition coefficient (Wildman–Crippen LogP) is 3.28. The summed E-state index contributed by atoms with van der Waals surface area (Å²) in [6.07, 6.45) is 0. The molecule has 0 aliphatic rings. The third-order valence-electron chi connectivity index (χ3n) is 2.39. The Morgan fingerprint density at radius 3 is 2.12 bits per heavy atom. The van der Waals surface area contributed by atoms with Gasteiger partial charge in [-0.2, -0.15) is 0 Å². The molecule has 0 aliphatic carbocycles. The molecule has 0 aliphatic heterocycles. The van der Waals surface area contributed by atoms with Gasteiger partial charge in [0, 0.05) is 11.1 Å². The van der Waals surface area contributed by atoms with Gasteiger partial charge in [-0.25, -0.2) is 8.42 Å². The summed E-state index contributed by atoms with van der Waals surface area (Å²) in [6, 6.07) is 13.8. The third-order valence-corrected chi connectivity index (χ3v) is 4.39. The molecule has 0 atom stereocenters. The highest BCUT2D eigenvalue weighted by Crippen LogP contribution is 2.22. The van der Waals surface area contributed by atoms with Crippen molar-refractivity contribution >= 4 is 21.4 Å². The highest BCUT2D eigenvalue weighted by Gasteiger charge is 2.16. The van der Waals surface area contributed by atoms with Crippen LogP contribution in [0.1, 0.15) is 5.56 Å². The maximum atomic E-state index is 12.2. The second kappa shape index (κ2) is 4.51. The molecule has 0 spiro atoms. The van der Waals surface area contributed by atoms with Gasteiger partial charge in [0.2, 0.25) is 9.84 Å². The van der Waals surface area contributed by atoms with E-state index in [4.69, 9.17) is 11.6 Å². The Hall–Kier alpha value is -1.32. The summed E-state index contributed by atoms with van der Waals surface area (Å²) >= 11 is 5.68. The highest BCUT2D eigenvalue weighted by molar-refractivity contribution is 7.91. The van der Waals surface area contributed by atoms with Gasteiger partial charge >= 0.3 is 0 Å². The first kappa shape index (κ1) is 12.1. The average molecular weight is 266 g/mol. The standard InChI is InChI=1S/C13H10ClO2S/c1-10-2-6-12(7-3-10)17(15,16)13-8-4-11(14)5-9-13/h2-4,6-9H,1H3. The van der Waals surface area contributed by atoms with Crippen molar-refractivity contribution in [1.29, 1.82) is 0 Å². The molecule has 0 saturated heterocycles. The van der Waals surface area contributed by atoms with Crippen LogP contribution in [0.25, 0.3) is 0 Å². The lowest BCUT2D eigenvalue weighted by molar-refractivity contribution is 0.596. The summed E-state index contributed by atoms with van der Waals surface area (Å²) in [5.74, 6) is 0. The van der Waals surface area contributed by atoms with Crippen molar-refractivity contribution < 1.29 is 8.42 Å². The van der Waals surface area contributed by atoms with Crippen LogP contribution in [0.15, 0.2) is 52.3 Å². The van der Waals surface area contributed by atoms with Crippen LogP contribution < -0.4 is 0 Å². The quantitative estimate of drug-likeness (QED) is 0.835. The molecule has 0 saturated carbocycles. The van der Waals surface area contributed by atoms with Crippen molar-refractivity contribution in [3.8, 4) is 0 Å². The number of halogens is 1. The van der Waals surface area contributed by atoms with E-state index in [9.17, 15) is 8.42 Å². The molecular weight excluding hydrogens is 256 g/mol. The van der Waals surface area contributed by atoms with Crippen LogP contribution in [0.2, 0.25) is 5.02 Å². The van der Waals surface area contributed by atoms with Crippen LogP contribution in [-0.4, -0.2) is 8.42 Å². The van der Waals surface area contributed by atoms with E-state index in [-0.39, 0.29) is 9.79 Å². The van der Waals surface area contributed by atoms with Crippen molar-refractivity contribution in [2.75, 3.05) is 0 Å². The normalized spacial score (nSPS) is 11.4. The lowest BCUT2D eigenvalue weighted by Gasteiger charge is -2.04. The van der Waals surface area contributed by atoms with Crippen molar-refractivity contribution in [2.24, 2.45) is 0 Å². The molecule has 2 nitrogen and oxygen atoms in total. The molecule has 2 aromatic rings. The first-order valence-corrected chi connectivity index (χ1v) is 6.85. The van der Waals surface area contributed by atoms with Crippen LogP contribution >= 0.6 is 11.6 Å². The molecule has 0 heterocycles. The van der Waals surface area contributed by atoms with Crippen molar-refractivity contribution in [3.05, 3.63) is 59.1 Å². The molecule has 0 bridgehead atoms. The maximum Gasteiger partial charge on any atom is 0.206 e. The number of rotatable bonds is 2. The summed E-state index contributed by atoms with van der Waals surface area (Å²) in [5.41, 5.74) is 1.02. The number of hydrogen-bond acceptors (Lipinski definition) is 2. The Morgan fingerprint density at radius 1 is 1.00 bits per heavy atom. The molecule has 1 radical (unpaired) electrons. The molecule has 0 N–H and O–H groups in total. The monoisotopic (exact) mass is 265 g/mol. The number of hydrogen-bond donors (Lipinski definition) is 0. The second-order valence-corrected chi connectivity index (χ2v) is 6.05. The van der Waals surface area contributed by atoms with Crippen molar-refractivity contribution in [3.63, 3.8) is 0 Å². The minimum atomic E-state index is -3.46. The minimum absolute atomic E-state index is 0.200. The molecule has 17 heavy (non-hydrogen) atoms. The van der Waals surface area contributed by atoms with E-state index in [1.165, 1.54) is 18.2 Å². The zero-order valence-electron chi connectivity index (χ0n) is 9.14. The Kier molecular flexibility index (Phi) is 3.22. The Balaban J connectivity index is 2.50. The van der Waals surface area contributed by atoms with Crippen LogP contribution in [0.3, 0.4) is 0 Å². The number of benzene rings is 2. The fourth-order valence-corrected chi connectivity index (χ4v) is 2.76. The highest BCUT2D eigenvalue weighted by atomic mass is 35.5. The van der Waals surface area contributed by atoms with Gasteiger partial charge in [0.15, 0.2) is 0 Å². The van der Waals surface area contributed by atoms with E-state index in [2.05, 4.69) is 6.07 Å². The molecular formula is C13H10ClO2S. The van der Waals surface area contributed by atoms with E-state index in [0.29, 0.717) is 5.02 Å². The van der Waals surface area contributed by atoms with Crippen molar-refractivity contribution in [1.82, 2.24) is 0 Å². The SMILES string of the molecule is Cc1ccc(S(=O)(=O)c2c[c]c(Cl)cc2)cc1. The largest absolute Gasteiger partial charge is 0.219 e. The Labute approximate surface area is 106 Å². The van der Waals surface area contributed by atoms with Gasteiger partial charge in [0.25, 0.3) is 0 Å². The van der Waals surface area contributed by atoms with Gasteiger partial charge in [-0.3, -0.25) is 0 Å². The smallest absolute Gasteiger partial charge is 0.206 e. The van der Waals surface area contributed by atoms with E-state index >= 15 is 0 Å². The van der Waals surface area contributed by atoms with Crippen LogP contribution in [0.4, 0.5) is 0 Å². The van der Waals surface area contributed by atoms with Crippen LogP contribution in [0.5, 0.6) is 0 Å². The van der Waals surface area contributed by atoms with E-state index in [1.54, 1.807) is 24.3 Å². The molecule has 2 aromatic carbocycles. The summed E-state index contributed by atoms with van der Waals surface area (Å²) in [6.45, 7) is 1.91.